The maximum atomic E-state index is 11.8. The second kappa shape index (κ2) is 9.84. The van der Waals surface area contributed by atoms with Gasteiger partial charge in [-0.1, -0.05) is 30.3 Å². The molecule has 0 radical (unpaired) electrons. The maximum Gasteiger partial charge on any atom is 0.331 e. The molecule has 0 saturated heterocycles. The first-order chi connectivity index (χ1) is 11.4. The molecule has 0 aliphatic carbocycles. The lowest BCUT2D eigenvalue weighted by Crippen LogP contribution is -2.41. The summed E-state index contributed by atoms with van der Waals surface area (Å²) in [4.78, 5) is 22.5. The summed E-state index contributed by atoms with van der Waals surface area (Å²) in [7, 11) is -2.26. The van der Waals surface area contributed by atoms with Crippen LogP contribution in [0.1, 0.15) is 12.5 Å². The summed E-state index contributed by atoms with van der Waals surface area (Å²) in [6, 6.07) is 8.63. The number of sulfonamides is 1. The standard InChI is InChI=1S/C16H21NO6S/c1-3-24(20,21)17-14(11-13-7-5-4-6-8-13)12-23-16(19)10-9-15(18)22-2/h4-10,14,17H,3,11-12H2,1-2H3/b10-9+. The zero-order valence-corrected chi connectivity index (χ0v) is 14.4. The lowest BCUT2D eigenvalue weighted by Gasteiger charge is -2.18. The average molecular weight is 355 g/mol. The first kappa shape index (κ1) is 19.9. The van der Waals surface area contributed by atoms with E-state index in [9.17, 15) is 18.0 Å². The van der Waals surface area contributed by atoms with Crippen molar-refractivity contribution in [3.63, 3.8) is 0 Å². The number of hydrogen-bond donors (Lipinski definition) is 1. The number of hydrogen-bond acceptors (Lipinski definition) is 6. The SMILES string of the molecule is CCS(=O)(=O)NC(COC(=O)/C=C/C(=O)OC)Cc1ccccc1. The van der Waals surface area contributed by atoms with Gasteiger partial charge in [-0.25, -0.2) is 22.7 Å². The second-order valence-electron chi connectivity index (χ2n) is 4.89. The van der Waals surface area contributed by atoms with Crippen molar-refractivity contribution in [2.45, 2.75) is 19.4 Å². The molecule has 24 heavy (non-hydrogen) atoms. The Balaban J connectivity index is 2.69. The van der Waals surface area contributed by atoms with Crippen molar-refractivity contribution >= 4 is 22.0 Å². The van der Waals surface area contributed by atoms with E-state index < -0.39 is 28.0 Å². The van der Waals surface area contributed by atoms with Crippen molar-refractivity contribution in [2.24, 2.45) is 0 Å². The number of carbonyl (C=O) groups is 2. The topological polar surface area (TPSA) is 98.8 Å². The van der Waals surface area contributed by atoms with Crippen LogP contribution in [0.25, 0.3) is 0 Å². The van der Waals surface area contributed by atoms with Gasteiger partial charge in [0.25, 0.3) is 0 Å². The summed E-state index contributed by atoms with van der Waals surface area (Å²) in [6.07, 6.45) is 2.23. The Labute approximate surface area is 141 Å². The monoisotopic (exact) mass is 355 g/mol. The highest BCUT2D eigenvalue weighted by Crippen LogP contribution is 2.05. The molecule has 0 heterocycles. The summed E-state index contributed by atoms with van der Waals surface area (Å²) in [5, 5.41) is 0. The zero-order chi connectivity index (χ0) is 18.0. The largest absolute Gasteiger partial charge is 0.466 e. The maximum absolute atomic E-state index is 11.8. The van der Waals surface area contributed by atoms with E-state index in [0.29, 0.717) is 6.42 Å². The van der Waals surface area contributed by atoms with Crippen molar-refractivity contribution < 1.29 is 27.5 Å². The third-order valence-electron chi connectivity index (χ3n) is 3.03. The molecular formula is C16H21NO6S. The van der Waals surface area contributed by atoms with Gasteiger partial charge in [-0.3, -0.25) is 0 Å². The molecule has 8 heteroatoms. The molecule has 7 nitrogen and oxygen atoms in total. The van der Waals surface area contributed by atoms with Crippen LogP contribution in [0.3, 0.4) is 0 Å². The van der Waals surface area contributed by atoms with Crippen LogP contribution in [0.2, 0.25) is 0 Å². The van der Waals surface area contributed by atoms with Crippen LogP contribution in [0.5, 0.6) is 0 Å². The second-order valence-corrected chi connectivity index (χ2v) is 6.94. The van der Waals surface area contributed by atoms with Gasteiger partial charge < -0.3 is 9.47 Å². The smallest absolute Gasteiger partial charge is 0.331 e. The van der Waals surface area contributed by atoms with Crippen LogP contribution in [-0.4, -0.2) is 45.9 Å². The summed E-state index contributed by atoms with van der Waals surface area (Å²) in [6.45, 7) is 1.37. The molecule has 0 spiro atoms. The average Bonchev–Trinajstić information content (AvgIpc) is 2.58. The van der Waals surface area contributed by atoms with E-state index in [1.165, 1.54) is 14.0 Å². The number of esters is 2. The third kappa shape index (κ3) is 7.89. The van der Waals surface area contributed by atoms with E-state index >= 15 is 0 Å². The van der Waals surface area contributed by atoms with E-state index in [2.05, 4.69) is 9.46 Å². The Kier molecular flexibility index (Phi) is 8.14. The number of nitrogens with one attached hydrogen (secondary N) is 1. The third-order valence-corrected chi connectivity index (χ3v) is 4.49. The van der Waals surface area contributed by atoms with E-state index in [-0.39, 0.29) is 12.4 Å². The van der Waals surface area contributed by atoms with Gasteiger partial charge in [0.2, 0.25) is 10.0 Å². The van der Waals surface area contributed by atoms with Gasteiger partial charge >= 0.3 is 11.9 Å². The summed E-state index contributed by atoms with van der Waals surface area (Å²) < 4.78 is 35.4. The minimum absolute atomic E-state index is 0.0749. The Bertz CT molecular complexity index is 669. The van der Waals surface area contributed by atoms with E-state index in [0.717, 1.165) is 17.7 Å². The Morgan fingerprint density at radius 3 is 2.38 bits per heavy atom. The normalized spacial score (nSPS) is 12.8. The summed E-state index contributed by atoms with van der Waals surface area (Å²) in [5.74, 6) is -1.51. The lowest BCUT2D eigenvalue weighted by molar-refractivity contribution is -0.139. The van der Waals surface area contributed by atoms with Crippen molar-refractivity contribution in [2.75, 3.05) is 19.5 Å². The fraction of sp³-hybridized carbons (Fsp3) is 0.375. The molecule has 1 unspecified atom stereocenters. The zero-order valence-electron chi connectivity index (χ0n) is 13.6. The number of rotatable bonds is 9. The number of ether oxygens (including phenoxy) is 2. The molecule has 1 atom stereocenters. The first-order valence-corrected chi connectivity index (χ1v) is 8.98. The molecule has 0 bridgehead atoms. The van der Waals surface area contributed by atoms with Gasteiger partial charge in [-0.2, -0.15) is 0 Å². The van der Waals surface area contributed by atoms with Gasteiger partial charge in [0.1, 0.15) is 6.61 Å². The number of methoxy groups -OCH3 is 1. The molecule has 0 aliphatic heterocycles. The van der Waals surface area contributed by atoms with Gasteiger partial charge in [-0.05, 0) is 18.9 Å². The minimum atomic E-state index is -3.45. The van der Waals surface area contributed by atoms with Crippen LogP contribution in [0.4, 0.5) is 0 Å². The molecule has 1 N–H and O–H groups in total. The molecule has 1 rings (SSSR count). The molecule has 0 aliphatic rings. The predicted octanol–water partition coefficient (Wildman–Crippen LogP) is 0.809. The van der Waals surface area contributed by atoms with Crippen LogP contribution < -0.4 is 4.72 Å². The minimum Gasteiger partial charge on any atom is -0.466 e. The predicted molar refractivity (Wildman–Crippen MR) is 88.6 cm³/mol. The van der Waals surface area contributed by atoms with Gasteiger partial charge in [0.05, 0.1) is 18.9 Å². The number of benzene rings is 1. The van der Waals surface area contributed by atoms with Crippen LogP contribution >= 0.6 is 0 Å². The van der Waals surface area contributed by atoms with Crippen molar-refractivity contribution in [3.8, 4) is 0 Å². The summed E-state index contributed by atoms with van der Waals surface area (Å²) in [5.41, 5.74) is 0.905. The van der Waals surface area contributed by atoms with Crippen LogP contribution in [0.15, 0.2) is 42.5 Å². The van der Waals surface area contributed by atoms with E-state index in [1.54, 1.807) is 0 Å². The van der Waals surface area contributed by atoms with Crippen molar-refractivity contribution in [1.29, 1.82) is 0 Å². The molecule has 1 aromatic carbocycles. The number of carbonyl (C=O) groups excluding carboxylic acids is 2. The molecule has 0 saturated carbocycles. The van der Waals surface area contributed by atoms with Crippen molar-refractivity contribution in [1.82, 2.24) is 4.72 Å². The highest BCUT2D eigenvalue weighted by molar-refractivity contribution is 7.89. The van der Waals surface area contributed by atoms with Crippen molar-refractivity contribution in [3.05, 3.63) is 48.0 Å². The van der Waals surface area contributed by atoms with Crippen LogP contribution in [-0.2, 0) is 35.5 Å². The molecule has 132 valence electrons. The van der Waals surface area contributed by atoms with E-state index in [1.807, 2.05) is 30.3 Å². The van der Waals surface area contributed by atoms with E-state index in [4.69, 9.17) is 4.74 Å². The highest BCUT2D eigenvalue weighted by Gasteiger charge is 2.18. The fourth-order valence-electron chi connectivity index (χ4n) is 1.81. The lowest BCUT2D eigenvalue weighted by atomic mass is 10.1. The Hall–Kier alpha value is -2.19. The Morgan fingerprint density at radius 1 is 1.17 bits per heavy atom. The fourth-order valence-corrected chi connectivity index (χ4v) is 2.63. The van der Waals surface area contributed by atoms with Gasteiger partial charge in [0.15, 0.2) is 0 Å². The highest BCUT2D eigenvalue weighted by atomic mass is 32.2. The van der Waals surface area contributed by atoms with Gasteiger partial charge in [-0.15, -0.1) is 0 Å². The van der Waals surface area contributed by atoms with Crippen LogP contribution in [0, 0.1) is 0 Å². The quantitative estimate of drug-likeness (QED) is 0.520. The Morgan fingerprint density at radius 2 is 1.79 bits per heavy atom. The first-order valence-electron chi connectivity index (χ1n) is 7.33. The molecule has 0 fully saturated rings. The molecule has 0 amide bonds. The molecular weight excluding hydrogens is 334 g/mol. The molecule has 0 aromatic heterocycles. The molecule has 1 aromatic rings. The van der Waals surface area contributed by atoms with Gasteiger partial charge in [0, 0.05) is 12.2 Å². The summed E-state index contributed by atoms with van der Waals surface area (Å²) >= 11 is 0.